The van der Waals surface area contributed by atoms with Crippen LogP contribution in [0.5, 0.6) is 5.75 Å². The summed E-state index contributed by atoms with van der Waals surface area (Å²) in [4.78, 5) is 25.2. The Hall–Kier alpha value is -1.79. The number of amides is 1. The molecular weight excluding hydrogens is 332 g/mol. The molecule has 2 rings (SSSR count). The standard InChI is InChI=1S/C17H23ClN2O4/c1-3-20(10-16(21)22)13-8-12(9-13)19-17(23)14-6-5-11(18)7-15(14)24-4-2/h5-7,12-13H,3-4,8-10H2,1-2H3,(H,19,23)(H,21,22). The van der Waals surface area contributed by atoms with Gasteiger partial charge in [-0.25, -0.2) is 0 Å². The molecule has 132 valence electrons. The van der Waals surface area contributed by atoms with Gasteiger partial charge in [0.05, 0.1) is 18.7 Å². The largest absolute Gasteiger partial charge is 0.493 e. The van der Waals surface area contributed by atoms with Crippen LogP contribution < -0.4 is 10.1 Å². The Morgan fingerprint density at radius 2 is 2.08 bits per heavy atom. The number of carbonyl (C=O) groups excluding carboxylic acids is 1. The third kappa shape index (κ3) is 4.61. The van der Waals surface area contributed by atoms with E-state index in [0.717, 1.165) is 12.8 Å². The first-order valence-corrected chi connectivity index (χ1v) is 8.51. The quantitative estimate of drug-likeness (QED) is 0.749. The molecule has 7 heteroatoms. The van der Waals surface area contributed by atoms with E-state index in [1.165, 1.54) is 0 Å². The first kappa shape index (κ1) is 18.5. The molecule has 0 atom stereocenters. The molecule has 0 unspecified atom stereocenters. The minimum absolute atomic E-state index is 0.0352. The van der Waals surface area contributed by atoms with Gasteiger partial charge in [0.15, 0.2) is 0 Å². The van der Waals surface area contributed by atoms with E-state index in [1.807, 2.05) is 18.7 Å². The van der Waals surface area contributed by atoms with E-state index in [2.05, 4.69) is 5.32 Å². The minimum Gasteiger partial charge on any atom is -0.493 e. The zero-order chi connectivity index (χ0) is 17.7. The van der Waals surface area contributed by atoms with Gasteiger partial charge in [-0.05, 0) is 44.5 Å². The SMILES string of the molecule is CCOc1cc(Cl)ccc1C(=O)NC1CC(N(CC)CC(=O)O)C1. The molecule has 0 aromatic heterocycles. The van der Waals surface area contributed by atoms with E-state index in [4.69, 9.17) is 21.4 Å². The molecule has 1 aliphatic carbocycles. The van der Waals surface area contributed by atoms with Crippen molar-refractivity contribution >= 4 is 23.5 Å². The van der Waals surface area contributed by atoms with Gasteiger partial charge in [0.25, 0.3) is 5.91 Å². The molecule has 1 aromatic carbocycles. The molecule has 0 heterocycles. The van der Waals surface area contributed by atoms with Crippen LogP contribution in [0.15, 0.2) is 18.2 Å². The first-order chi connectivity index (χ1) is 11.4. The van der Waals surface area contributed by atoms with Crippen LogP contribution in [0, 0.1) is 0 Å². The summed E-state index contributed by atoms with van der Waals surface area (Å²) in [6.07, 6.45) is 1.51. The second-order valence-corrected chi connectivity index (χ2v) is 6.26. The molecule has 1 aromatic rings. The van der Waals surface area contributed by atoms with Crippen LogP contribution in [-0.4, -0.2) is 53.7 Å². The van der Waals surface area contributed by atoms with Crippen LogP contribution in [0.1, 0.15) is 37.0 Å². The monoisotopic (exact) mass is 354 g/mol. The van der Waals surface area contributed by atoms with E-state index < -0.39 is 5.97 Å². The second kappa shape index (κ2) is 8.35. The lowest BCUT2D eigenvalue weighted by Gasteiger charge is -2.42. The molecule has 0 aliphatic heterocycles. The lowest BCUT2D eigenvalue weighted by atomic mass is 9.85. The Morgan fingerprint density at radius 1 is 1.38 bits per heavy atom. The van der Waals surface area contributed by atoms with Crippen LogP contribution in [0.4, 0.5) is 0 Å². The summed E-state index contributed by atoms with van der Waals surface area (Å²) in [6, 6.07) is 5.20. The topological polar surface area (TPSA) is 78.9 Å². The Balaban J connectivity index is 1.92. The molecule has 0 spiro atoms. The van der Waals surface area contributed by atoms with Crippen LogP contribution in [-0.2, 0) is 4.79 Å². The Morgan fingerprint density at radius 3 is 2.67 bits per heavy atom. The summed E-state index contributed by atoms with van der Waals surface area (Å²) in [5, 5.41) is 12.4. The minimum atomic E-state index is -0.827. The normalized spacial score (nSPS) is 19.7. The number of hydrogen-bond donors (Lipinski definition) is 2. The summed E-state index contributed by atoms with van der Waals surface area (Å²) < 4.78 is 5.47. The Bertz CT molecular complexity index is 602. The average Bonchev–Trinajstić information content (AvgIpc) is 2.48. The molecule has 0 bridgehead atoms. The van der Waals surface area contributed by atoms with Crippen molar-refractivity contribution in [2.24, 2.45) is 0 Å². The number of rotatable bonds is 8. The Labute approximate surface area is 146 Å². The molecule has 6 nitrogen and oxygen atoms in total. The highest BCUT2D eigenvalue weighted by Gasteiger charge is 2.35. The number of likely N-dealkylation sites (N-methyl/N-ethyl adjacent to an activating group) is 1. The smallest absolute Gasteiger partial charge is 0.317 e. The second-order valence-electron chi connectivity index (χ2n) is 5.83. The summed E-state index contributed by atoms with van der Waals surface area (Å²) in [5.74, 6) is -0.550. The summed E-state index contributed by atoms with van der Waals surface area (Å²) in [6.45, 7) is 4.96. The number of carboxylic acids is 1. The fourth-order valence-electron chi connectivity index (χ4n) is 2.90. The van der Waals surface area contributed by atoms with Crippen LogP contribution >= 0.6 is 11.6 Å². The van der Waals surface area contributed by atoms with Gasteiger partial charge >= 0.3 is 5.97 Å². The number of aliphatic carboxylic acids is 1. The summed E-state index contributed by atoms with van der Waals surface area (Å²) in [5.41, 5.74) is 0.461. The summed E-state index contributed by atoms with van der Waals surface area (Å²) in [7, 11) is 0. The molecule has 0 saturated heterocycles. The predicted molar refractivity (Wildman–Crippen MR) is 91.8 cm³/mol. The lowest BCUT2D eigenvalue weighted by molar-refractivity contribution is -0.139. The van der Waals surface area contributed by atoms with Crippen molar-refractivity contribution in [3.8, 4) is 5.75 Å². The van der Waals surface area contributed by atoms with Crippen molar-refractivity contribution in [2.45, 2.75) is 38.8 Å². The third-order valence-electron chi connectivity index (χ3n) is 4.20. The van der Waals surface area contributed by atoms with E-state index in [-0.39, 0.29) is 24.5 Å². The molecule has 2 N–H and O–H groups in total. The van der Waals surface area contributed by atoms with Crippen molar-refractivity contribution in [3.05, 3.63) is 28.8 Å². The van der Waals surface area contributed by atoms with Gasteiger partial charge < -0.3 is 15.2 Å². The van der Waals surface area contributed by atoms with E-state index in [1.54, 1.807) is 18.2 Å². The van der Waals surface area contributed by atoms with Crippen molar-refractivity contribution in [2.75, 3.05) is 19.7 Å². The number of ether oxygens (including phenoxy) is 1. The average molecular weight is 355 g/mol. The maximum atomic E-state index is 12.4. The molecule has 0 radical (unpaired) electrons. The van der Waals surface area contributed by atoms with Gasteiger partial charge in [0.1, 0.15) is 5.75 Å². The lowest BCUT2D eigenvalue weighted by Crippen LogP contribution is -2.54. The number of carbonyl (C=O) groups is 2. The first-order valence-electron chi connectivity index (χ1n) is 8.13. The fraction of sp³-hybridized carbons (Fsp3) is 0.529. The number of nitrogens with one attached hydrogen (secondary N) is 1. The number of hydrogen-bond acceptors (Lipinski definition) is 4. The van der Waals surface area contributed by atoms with Crippen molar-refractivity contribution < 1.29 is 19.4 Å². The molecule has 1 fully saturated rings. The van der Waals surface area contributed by atoms with Crippen molar-refractivity contribution in [1.82, 2.24) is 10.2 Å². The van der Waals surface area contributed by atoms with Gasteiger partial charge in [-0.15, -0.1) is 0 Å². The number of benzene rings is 1. The number of nitrogens with zero attached hydrogens (tertiary/aromatic N) is 1. The zero-order valence-electron chi connectivity index (χ0n) is 13.9. The van der Waals surface area contributed by atoms with E-state index >= 15 is 0 Å². The third-order valence-corrected chi connectivity index (χ3v) is 4.43. The molecule has 1 amide bonds. The molecule has 24 heavy (non-hydrogen) atoms. The fourth-order valence-corrected chi connectivity index (χ4v) is 3.06. The maximum Gasteiger partial charge on any atom is 0.317 e. The van der Waals surface area contributed by atoms with Gasteiger partial charge in [-0.1, -0.05) is 18.5 Å². The van der Waals surface area contributed by atoms with E-state index in [9.17, 15) is 9.59 Å². The van der Waals surface area contributed by atoms with Crippen LogP contribution in [0.3, 0.4) is 0 Å². The van der Waals surface area contributed by atoms with Crippen LogP contribution in [0.25, 0.3) is 0 Å². The molecular formula is C17H23ClN2O4. The van der Waals surface area contributed by atoms with Gasteiger partial charge in [0.2, 0.25) is 0 Å². The van der Waals surface area contributed by atoms with Gasteiger partial charge in [-0.3, -0.25) is 14.5 Å². The van der Waals surface area contributed by atoms with Crippen molar-refractivity contribution in [1.29, 1.82) is 0 Å². The maximum absolute atomic E-state index is 12.4. The van der Waals surface area contributed by atoms with Gasteiger partial charge in [-0.2, -0.15) is 0 Å². The highest BCUT2D eigenvalue weighted by atomic mass is 35.5. The van der Waals surface area contributed by atoms with Gasteiger partial charge in [0, 0.05) is 17.1 Å². The number of halogens is 1. The van der Waals surface area contributed by atoms with Crippen LogP contribution in [0.2, 0.25) is 5.02 Å². The number of carboxylic acid groups (broad SMARTS) is 1. The predicted octanol–water partition coefficient (Wildman–Crippen LogP) is 2.41. The molecule has 1 aliphatic rings. The van der Waals surface area contributed by atoms with E-state index in [0.29, 0.717) is 29.5 Å². The Kier molecular flexibility index (Phi) is 6.45. The highest BCUT2D eigenvalue weighted by molar-refractivity contribution is 6.30. The summed E-state index contributed by atoms with van der Waals surface area (Å²) >= 11 is 5.95. The van der Waals surface area contributed by atoms with Crippen molar-refractivity contribution in [3.63, 3.8) is 0 Å². The highest BCUT2D eigenvalue weighted by Crippen LogP contribution is 2.28. The molecule has 1 saturated carbocycles. The zero-order valence-corrected chi connectivity index (χ0v) is 14.7.